The highest BCUT2D eigenvalue weighted by atomic mass is 32.1. The fraction of sp³-hybridized carbons (Fsp3) is 0.444. The van der Waals surface area contributed by atoms with Gasteiger partial charge in [-0.1, -0.05) is 6.08 Å². The van der Waals surface area contributed by atoms with Crippen molar-refractivity contribution in [2.24, 2.45) is 0 Å². The van der Waals surface area contributed by atoms with E-state index in [9.17, 15) is 0 Å². The molecule has 0 saturated heterocycles. The molecule has 64 valence electrons. The Balaban J connectivity index is 2.23. The number of rotatable bonds is 1. The maximum Gasteiger partial charge on any atom is 0.119 e. The van der Waals surface area contributed by atoms with E-state index in [0.717, 1.165) is 30.3 Å². The van der Waals surface area contributed by atoms with Gasteiger partial charge in [0.1, 0.15) is 5.01 Å². The highest BCUT2D eigenvalue weighted by Gasteiger charge is 2.08. The molecule has 1 aliphatic heterocycles. The van der Waals surface area contributed by atoms with Gasteiger partial charge >= 0.3 is 0 Å². The Kier molecular flexibility index (Phi) is 2.23. The molecule has 2 nitrogen and oxygen atoms in total. The molecule has 0 unspecified atom stereocenters. The Hall–Kier alpha value is -0.670. The first-order valence-electron chi connectivity index (χ1n) is 4.05. The molecular weight excluding hydrogens is 170 g/mol. The number of nitrogens with zero attached hydrogens (tertiary/aromatic N) is 1. The third-order valence-electron chi connectivity index (χ3n) is 1.86. The van der Waals surface area contributed by atoms with Crippen LogP contribution in [0.15, 0.2) is 11.5 Å². The van der Waals surface area contributed by atoms with Crippen molar-refractivity contribution >= 4 is 16.9 Å². The van der Waals surface area contributed by atoms with Crippen molar-refractivity contribution in [3.05, 3.63) is 22.2 Å². The first-order valence-corrected chi connectivity index (χ1v) is 4.93. The van der Waals surface area contributed by atoms with Crippen molar-refractivity contribution in [2.45, 2.75) is 13.3 Å². The zero-order valence-electron chi connectivity index (χ0n) is 7.04. The molecule has 1 aliphatic rings. The zero-order valence-corrected chi connectivity index (χ0v) is 7.86. The Morgan fingerprint density at radius 1 is 1.58 bits per heavy atom. The maximum atomic E-state index is 5.23. The molecule has 0 atom stereocenters. The van der Waals surface area contributed by atoms with Crippen LogP contribution in [-0.4, -0.2) is 18.2 Å². The van der Waals surface area contributed by atoms with Crippen molar-refractivity contribution in [3.63, 3.8) is 0 Å². The van der Waals surface area contributed by atoms with E-state index in [1.807, 2.05) is 6.92 Å². The summed E-state index contributed by atoms with van der Waals surface area (Å²) < 4.78 is 5.23. The Labute approximate surface area is 75.9 Å². The highest BCUT2D eigenvalue weighted by molar-refractivity contribution is 7.10. The van der Waals surface area contributed by atoms with Gasteiger partial charge in [-0.3, -0.25) is 0 Å². The predicted molar refractivity (Wildman–Crippen MR) is 50.3 cm³/mol. The number of ether oxygens (including phenoxy) is 1. The van der Waals surface area contributed by atoms with Crippen molar-refractivity contribution in [1.82, 2.24) is 4.98 Å². The molecule has 0 bridgehead atoms. The first kappa shape index (κ1) is 7.95. The van der Waals surface area contributed by atoms with E-state index in [-0.39, 0.29) is 0 Å². The van der Waals surface area contributed by atoms with Crippen molar-refractivity contribution in [3.8, 4) is 0 Å². The van der Waals surface area contributed by atoms with E-state index in [4.69, 9.17) is 4.74 Å². The van der Waals surface area contributed by atoms with Crippen LogP contribution in [0.4, 0.5) is 0 Å². The molecule has 0 fully saturated rings. The van der Waals surface area contributed by atoms with Gasteiger partial charge in [0, 0.05) is 11.1 Å². The maximum absolute atomic E-state index is 5.23. The number of hydrogen-bond acceptors (Lipinski definition) is 3. The van der Waals surface area contributed by atoms with Gasteiger partial charge in [0.25, 0.3) is 0 Å². The predicted octanol–water partition coefficient (Wildman–Crippen LogP) is 2.26. The third kappa shape index (κ3) is 1.57. The van der Waals surface area contributed by atoms with Gasteiger partial charge < -0.3 is 4.74 Å². The normalized spacial score (nSPS) is 17.6. The molecule has 0 radical (unpaired) electrons. The molecule has 3 heteroatoms. The molecule has 1 aromatic rings. The lowest BCUT2D eigenvalue weighted by Crippen LogP contribution is -2.03. The molecule has 0 saturated carbocycles. The highest BCUT2D eigenvalue weighted by Crippen LogP contribution is 2.23. The quantitative estimate of drug-likeness (QED) is 0.663. The molecule has 1 aromatic heterocycles. The van der Waals surface area contributed by atoms with Gasteiger partial charge in [0.2, 0.25) is 0 Å². The van der Waals surface area contributed by atoms with E-state index in [1.165, 1.54) is 5.57 Å². The van der Waals surface area contributed by atoms with Crippen molar-refractivity contribution in [2.75, 3.05) is 13.2 Å². The average molecular weight is 181 g/mol. The second-order valence-electron chi connectivity index (χ2n) is 2.85. The largest absolute Gasteiger partial charge is 0.377 e. The molecular formula is C9H11NOS. The van der Waals surface area contributed by atoms with Crippen LogP contribution in [0.25, 0.3) is 5.57 Å². The first-order chi connectivity index (χ1) is 5.86. The summed E-state index contributed by atoms with van der Waals surface area (Å²) in [7, 11) is 0. The summed E-state index contributed by atoms with van der Waals surface area (Å²) in [4.78, 5) is 4.43. The van der Waals surface area contributed by atoms with Crippen LogP contribution >= 0.6 is 11.3 Å². The molecule has 0 amide bonds. The van der Waals surface area contributed by atoms with Crippen LogP contribution in [0, 0.1) is 6.92 Å². The van der Waals surface area contributed by atoms with E-state index < -0.39 is 0 Å². The van der Waals surface area contributed by atoms with Gasteiger partial charge in [0.15, 0.2) is 0 Å². The van der Waals surface area contributed by atoms with Crippen LogP contribution in [0.2, 0.25) is 0 Å². The lowest BCUT2D eigenvalue weighted by molar-refractivity contribution is 0.161. The Morgan fingerprint density at radius 2 is 2.50 bits per heavy atom. The Bertz CT molecular complexity index is 303. The molecule has 0 aliphatic carbocycles. The topological polar surface area (TPSA) is 22.1 Å². The van der Waals surface area contributed by atoms with Crippen LogP contribution in [-0.2, 0) is 4.74 Å². The summed E-state index contributed by atoms with van der Waals surface area (Å²) in [5.74, 6) is 0. The van der Waals surface area contributed by atoms with Gasteiger partial charge in [-0.2, -0.15) is 0 Å². The minimum atomic E-state index is 0.744. The van der Waals surface area contributed by atoms with Crippen molar-refractivity contribution < 1.29 is 4.74 Å². The lowest BCUT2D eigenvalue weighted by atomic mass is 10.2. The molecule has 2 heterocycles. The smallest absolute Gasteiger partial charge is 0.119 e. The number of aryl methyl sites for hydroxylation is 1. The van der Waals surface area contributed by atoms with Crippen molar-refractivity contribution in [1.29, 1.82) is 0 Å². The lowest BCUT2D eigenvalue weighted by Gasteiger charge is -2.10. The summed E-state index contributed by atoms with van der Waals surface area (Å²) in [6.45, 7) is 3.61. The standard InChI is InChI=1S/C9H11NOS/c1-7-6-12-9(10-7)8-2-4-11-5-3-8/h2,6H,3-5H2,1H3. The average Bonchev–Trinajstić information content (AvgIpc) is 2.54. The SMILES string of the molecule is Cc1csc(C2=CCOCC2)n1. The third-order valence-corrected chi connectivity index (χ3v) is 2.89. The second kappa shape index (κ2) is 3.37. The van der Waals surface area contributed by atoms with E-state index >= 15 is 0 Å². The number of thiazole rings is 1. The molecule has 0 N–H and O–H groups in total. The van der Waals surface area contributed by atoms with Gasteiger partial charge in [-0.05, 0) is 18.9 Å². The summed E-state index contributed by atoms with van der Waals surface area (Å²) in [5.41, 5.74) is 2.46. The Morgan fingerprint density at radius 3 is 3.08 bits per heavy atom. The van der Waals surface area contributed by atoms with Gasteiger partial charge in [0.05, 0.1) is 13.2 Å². The van der Waals surface area contributed by atoms with Crippen LogP contribution < -0.4 is 0 Å². The number of aromatic nitrogens is 1. The number of hydrogen-bond donors (Lipinski definition) is 0. The molecule has 12 heavy (non-hydrogen) atoms. The van der Waals surface area contributed by atoms with Gasteiger partial charge in [-0.15, -0.1) is 11.3 Å². The fourth-order valence-corrected chi connectivity index (χ4v) is 2.09. The van der Waals surface area contributed by atoms with Crippen LogP contribution in [0.1, 0.15) is 17.1 Å². The van der Waals surface area contributed by atoms with E-state index in [1.54, 1.807) is 11.3 Å². The molecule has 2 rings (SSSR count). The zero-order chi connectivity index (χ0) is 8.39. The van der Waals surface area contributed by atoms with Crippen LogP contribution in [0.3, 0.4) is 0 Å². The van der Waals surface area contributed by atoms with E-state index in [0.29, 0.717) is 0 Å². The van der Waals surface area contributed by atoms with Crippen LogP contribution in [0.5, 0.6) is 0 Å². The molecule has 0 aromatic carbocycles. The second-order valence-corrected chi connectivity index (χ2v) is 3.71. The fourth-order valence-electron chi connectivity index (χ4n) is 1.22. The summed E-state index contributed by atoms with van der Waals surface area (Å²) in [5, 5.41) is 3.25. The van der Waals surface area contributed by atoms with E-state index in [2.05, 4.69) is 16.4 Å². The summed E-state index contributed by atoms with van der Waals surface area (Å²) in [6.07, 6.45) is 3.13. The summed E-state index contributed by atoms with van der Waals surface area (Å²) >= 11 is 1.72. The minimum Gasteiger partial charge on any atom is -0.377 e. The minimum absolute atomic E-state index is 0.744. The monoisotopic (exact) mass is 181 g/mol. The summed E-state index contributed by atoms with van der Waals surface area (Å²) in [6, 6.07) is 0. The molecule has 0 spiro atoms. The van der Waals surface area contributed by atoms with Gasteiger partial charge in [-0.25, -0.2) is 4.98 Å².